The van der Waals surface area contributed by atoms with Gasteiger partial charge in [-0.05, 0) is 31.0 Å². The Morgan fingerprint density at radius 2 is 2.24 bits per heavy atom. The fourth-order valence-corrected chi connectivity index (χ4v) is 3.38. The first-order valence-corrected chi connectivity index (χ1v) is 7.80. The standard InChI is InChI=1S/C16H21ClN2O2/c1-4-21-14-8-13(16(14,2)3)18-12-5-9-6-15(20)19-11(9)7-10(12)17/h5,7,13-14,18H,4,6,8H2,1-3H3,(H,19,20). The van der Waals surface area contributed by atoms with Crippen LogP contribution in [-0.4, -0.2) is 24.7 Å². The van der Waals surface area contributed by atoms with E-state index in [0.717, 1.165) is 30.0 Å². The largest absolute Gasteiger partial charge is 0.380 e. The molecule has 1 saturated carbocycles. The van der Waals surface area contributed by atoms with Crippen molar-refractivity contribution in [1.82, 2.24) is 0 Å². The van der Waals surface area contributed by atoms with E-state index in [1.54, 1.807) is 0 Å². The number of fused-ring (bicyclic) bond motifs is 1. The van der Waals surface area contributed by atoms with Crippen LogP contribution >= 0.6 is 11.6 Å². The topological polar surface area (TPSA) is 50.4 Å². The second kappa shape index (κ2) is 5.18. The van der Waals surface area contributed by atoms with Gasteiger partial charge in [-0.15, -0.1) is 0 Å². The minimum Gasteiger partial charge on any atom is -0.380 e. The highest BCUT2D eigenvalue weighted by atomic mass is 35.5. The van der Waals surface area contributed by atoms with Crippen LogP contribution in [0.25, 0.3) is 0 Å². The summed E-state index contributed by atoms with van der Waals surface area (Å²) >= 11 is 6.33. The van der Waals surface area contributed by atoms with Crippen molar-refractivity contribution in [3.63, 3.8) is 0 Å². The maximum atomic E-state index is 11.4. The quantitative estimate of drug-likeness (QED) is 0.895. The minimum atomic E-state index is 0.0265. The van der Waals surface area contributed by atoms with Gasteiger partial charge in [0.25, 0.3) is 0 Å². The monoisotopic (exact) mass is 308 g/mol. The third-order valence-corrected chi connectivity index (χ3v) is 5.01. The molecule has 0 spiro atoms. The molecule has 0 radical (unpaired) electrons. The zero-order chi connectivity index (χ0) is 15.2. The van der Waals surface area contributed by atoms with E-state index in [2.05, 4.69) is 24.5 Å². The van der Waals surface area contributed by atoms with E-state index < -0.39 is 0 Å². The van der Waals surface area contributed by atoms with Crippen molar-refractivity contribution < 1.29 is 9.53 Å². The number of rotatable bonds is 4. The van der Waals surface area contributed by atoms with Crippen LogP contribution in [0.3, 0.4) is 0 Å². The van der Waals surface area contributed by atoms with Gasteiger partial charge in [-0.25, -0.2) is 0 Å². The van der Waals surface area contributed by atoms with Gasteiger partial charge >= 0.3 is 0 Å². The highest BCUT2D eigenvalue weighted by Crippen LogP contribution is 2.45. The molecule has 21 heavy (non-hydrogen) atoms. The fourth-order valence-electron chi connectivity index (χ4n) is 3.16. The number of hydrogen-bond acceptors (Lipinski definition) is 3. The lowest BCUT2D eigenvalue weighted by molar-refractivity contribution is -0.115. The number of anilines is 2. The Morgan fingerprint density at radius 1 is 1.48 bits per heavy atom. The lowest BCUT2D eigenvalue weighted by atomic mass is 9.64. The number of ether oxygens (including phenoxy) is 1. The summed E-state index contributed by atoms with van der Waals surface area (Å²) in [5.41, 5.74) is 2.81. The smallest absolute Gasteiger partial charge is 0.228 e. The molecule has 114 valence electrons. The molecule has 2 atom stereocenters. The van der Waals surface area contributed by atoms with Crippen LogP contribution in [-0.2, 0) is 16.0 Å². The predicted octanol–water partition coefficient (Wildman–Crippen LogP) is 3.45. The van der Waals surface area contributed by atoms with Gasteiger partial charge in [0.2, 0.25) is 5.91 Å². The molecule has 1 aromatic rings. The zero-order valence-electron chi connectivity index (χ0n) is 12.6. The second-order valence-corrected chi connectivity index (χ2v) is 6.82. The molecule has 1 amide bonds. The van der Waals surface area contributed by atoms with E-state index in [1.165, 1.54) is 0 Å². The van der Waals surface area contributed by atoms with Crippen LogP contribution in [0.2, 0.25) is 5.02 Å². The maximum absolute atomic E-state index is 11.4. The summed E-state index contributed by atoms with van der Waals surface area (Å²) < 4.78 is 5.75. The normalized spacial score (nSPS) is 26.0. The van der Waals surface area contributed by atoms with Crippen molar-refractivity contribution >= 4 is 28.9 Å². The molecule has 0 aromatic heterocycles. The summed E-state index contributed by atoms with van der Waals surface area (Å²) in [4.78, 5) is 11.4. The summed E-state index contributed by atoms with van der Waals surface area (Å²) in [5, 5.41) is 6.98. The van der Waals surface area contributed by atoms with Gasteiger partial charge in [-0.1, -0.05) is 25.4 Å². The molecule has 3 rings (SSSR count). The first kappa shape index (κ1) is 14.7. The van der Waals surface area contributed by atoms with Crippen molar-refractivity contribution in [2.45, 2.75) is 45.8 Å². The van der Waals surface area contributed by atoms with Crippen LogP contribution in [0.4, 0.5) is 11.4 Å². The SMILES string of the molecule is CCOC1CC(Nc2cc3c(cc2Cl)NC(=O)C3)C1(C)C. The van der Waals surface area contributed by atoms with E-state index >= 15 is 0 Å². The van der Waals surface area contributed by atoms with Crippen LogP contribution in [0, 0.1) is 5.41 Å². The van der Waals surface area contributed by atoms with Gasteiger partial charge in [-0.3, -0.25) is 4.79 Å². The maximum Gasteiger partial charge on any atom is 0.228 e. The van der Waals surface area contributed by atoms with Crippen molar-refractivity contribution in [1.29, 1.82) is 0 Å². The predicted molar refractivity (Wildman–Crippen MR) is 85.0 cm³/mol. The molecule has 2 unspecified atom stereocenters. The Morgan fingerprint density at radius 3 is 2.90 bits per heavy atom. The van der Waals surface area contributed by atoms with Crippen molar-refractivity contribution in [3.05, 3.63) is 22.7 Å². The van der Waals surface area contributed by atoms with Gasteiger partial charge in [0.15, 0.2) is 0 Å². The molecular formula is C16H21ClN2O2. The molecule has 0 bridgehead atoms. The third-order valence-electron chi connectivity index (χ3n) is 4.69. The Bertz CT molecular complexity index is 586. The number of hydrogen-bond donors (Lipinski definition) is 2. The summed E-state index contributed by atoms with van der Waals surface area (Å²) in [6.07, 6.45) is 1.69. The average Bonchev–Trinajstić information content (AvgIpc) is 2.76. The molecule has 4 nitrogen and oxygen atoms in total. The molecule has 1 aromatic carbocycles. The minimum absolute atomic E-state index is 0.0265. The highest BCUT2D eigenvalue weighted by Gasteiger charge is 2.49. The second-order valence-electron chi connectivity index (χ2n) is 6.41. The van der Waals surface area contributed by atoms with E-state index in [1.807, 2.05) is 19.1 Å². The van der Waals surface area contributed by atoms with Crippen LogP contribution in [0.5, 0.6) is 0 Å². The Kier molecular flexibility index (Phi) is 3.62. The van der Waals surface area contributed by atoms with E-state index in [0.29, 0.717) is 17.5 Å². The molecule has 1 aliphatic heterocycles. The van der Waals surface area contributed by atoms with Crippen molar-refractivity contribution in [3.8, 4) is 0 Å². The van der Waals surface area contributed by atoms with Crippen LogP contribution in [0.15, 0.2) is 12.1 Å². The molecule has 2 N–H and O–H groups in total. The number of amides is 1. The summed E-state index contributed by atoms with van der Waals surface area (Å²) in [7, 11) is 0. The molecule has 1 heterocycles. The van der Waals surface area contributed by atoms with E-state index in [4.69, 9.17) is 16.3 Å². The fraction of sp³-hybridized carbons (Fsp3) is 0.562. The molecule has 1 aliphatic carbocycles. The van der Waals surface area contributed by atoms with Gasteiger partial charge < -0.3 is 15.4 Å². The average molecular weight is 309 g/mol. The molecule has 0 saturated heterocycles. The van der Waals surface area contributed by atoms with Gasteiger partial charge in [-0.2, -0.15) is 0 Å². The van der Waals surface area contributed by atoms with Gasteiger partial charge in [0, 0.05) is 23.8 Å². The Hall–Kier alpha value is -1.26. The number of benzene rings is 1. The van der Waals surface area contributed by atoms with Crippen molar-refractivity contribution in [2.24, 2.45) is 5.41 Å². The van der Waals surface area contributed by atoms with E-state index in [9.17, 15) is 4.79 Å². The molecule has 5 heteroatoms. The number of nitrogens with one attached hydrogen (secondary N) is 2. The first-order valence-electron chi connectivity index (χ1n) is 7.42. The molecular weight excluding hydrogens is 288 g/mol. The molecule has 2 aliphatic rings. The van der Waals surface area contributed by atoms with Crippen molar-refractivity contribution in [2.75, 3.05) is 17.2 Å². The first-order chi connectivity index (χ1) is 9.91. The Labute approximate surface area is 130 Å². The number of halogens is 1. The third kappa shape index (κ3) is 2.51. The van der Waals surface area contributed by atoms with Crippen LogP contribution < -0.4 is 10.6 Å². The lowest BCUT2D eigenvalue weighted by Gasteiger charge is -2.52. The molecule has 1 fully saturated rings. The Balaban J connectivity index is 1.75. The summed E-state index contributed by atoms with van der Waals surface area (Å²) in [5.74, 6) is 0.0265. The summed E-state index contributed by atoms with van der Waals surface area (Å²) in [6.45, 7) is 7.19. The summed E-state index contributed by atoms with van der Waals surface area (Å²) in [6, 6.07) is 4.14. The van der Waals surface area contributed by atoms with Crippen LogP contribution in [0.1, 0.15) is 32.8 Å². The van der Waals surface area contributed by atoms with E-state index in [-0.39, 0.29) is 17.4 Å². The van der Waals surface area contributed by atoms with Gasteiger partial charge in [0.05, 0.1) is 23.2 Å². The highest BCUT2D eigenvalue weighted by molar-refractivity contribution is 6.33. The number of carbonyl (C=O) groups is 1. The number of carbonyl (C=O) groups excluding carboxylic acids is 1. The lowest BCUT2D eigenvalue weighted by Crippen LogP contribution is -2.58. The zero-order valence-corrected chi connectivity index (χ0v) is 13.4. The van der Waals surface area contributed by atoms with Gasteiger partial charge in [0.1, 0.15) is 0 Å².